The Morgan fingerprint density at radius 2 is 1.53 bits per heavy atom. The Morgan fingerprint density at radius 3 is 1.95 bits per heavy atom. The van der Waals surface area contributed by atoms with Crippen molar-refractivity contribution in [1.29, 1.82) is 0 Å². The third-order valence-electron chi connectivity index (χ3n) is 2.56. The number of carbonyl (C=O) groups excluding carboxylic acids is 2. The predicted molar refractivity (Wildman–Crippen MR) is 71.3 cm³/mol. The normalized spacial score (nSPS) is 10.3. The van der Waals surface area contributed by atoms with Crippen LogP contribution in [0.5, 0.6) is 0 Å². The van der Waals surface area contributed by atoms with Gasteiger partial charge < -0.3 is 15.2 Å². The van der Waals surface area contributed by atoms with Gasteiger partial charge in [-0.05, 0) is 38.0 Å². The molecule has 0 spiro atoms. The molecule has 0 saturated heterocycles. The van der Waals surface area contributed by atoms with Crippen molar-refractivity contribution in [2.45, 2.75) is 20.3 Å². The van der Waals surface area contributed by atoms with E-state index in [1.807, 2.05) is 0 Å². The standard InChI is InChI=1S/C14H19NO4/c1-3-18-13(16)12(14(17)19-4-2)9-10-5-7-11(15)8-6-10/h5-8,12H,3-4,9,15H2,1-2H3. The topological polar surface area (TPSA) is 78.6 Å². The van der Waals surface area contributed by atoms with Crippen LogP contribution < -0.4 is 5.73 Å². The molecule has 0 saturated carbocycles. The van der Waals surface area contributed by atoms with Gasteiger partial charge in [-0.2, -0.15) is 0 Å². The molecule has 19 heavy (non-hydrogen) atoms. The minimum absolute atomic E-state index is 0.233. The van der Waals surface area contributed by atoms with Crippen molar-refractivity contribution in [3.8, 4) is 0 Å². The number of anilines is 1. The lowest BCUT2D eigenvalue weighted by Gasteiger charge is -2.14. The molecule has 0 aliphatic heterocycles. The minimum Gasteiger partial charge on any atom is -0.465 e. The van der Waals surface area contributed by atoms with Gasteiger partial charge in [0.15, 0.2) is 5.92 Å². The fraction of sp³-hybridized carbons (Fsp3) is 0.429. The fourth-order valence-electron chi connectivity index (χ4n) is 1.64. The highest BCUT2D eigenvalue weighted by Gasteiger charge is 2.29. The molecule has 0 aliphatic carbocycles. The van der Waals surface area contributed by atoms with E-state index >= 15 is 0 Å². The van der Waals surface area contributed by atoms with Gasteiger partial charge in [-0.15, -0.1) is 0 Å². The summed E-state index contributed by atoms with van der Waals surface area (Å²) in [4.78, 5) is 23.6. The highest BCUT2D eigenvalue weighted by atomic mass is 16.6. The van der Waals surface area contributed by atoms with Crippen molar-refractivity contribution in [1.82, 2.24) is 0 Å². The summed E-state index contributed by atoms with van der Waals surface area (Å²) >= 11 is 0. The summed E-state index contributed by atoms with van der Waals surface area (Å²) in [5.41, 5.74) is 7.05. The molecule has 0 bridgehead atoms. The zero-order chi connectivity index (χ0) is 14.3. The highest BCUT2D eigenvalue weighted by Crippen LogP contribution is 2.14. The van der Waals surface area contributed by atoms with Gasteiger partial charge in [0.1, 0.15) is 0 Å². The Hall–Kier alpha value is -2.04. The van der Waals surface area contributed by atoms with Crippen LogP contribution >= 0.6 is 0 Å². The minimum atomic E-state index is -0.927. The van der Waals surface area contributed by atoms with Crippen molar-refractivity contribution in [3.63, 3.8) is 0 Å². The van der Waals surface area contributed by atoms with Crippen LogP contribution in [-0.4, -0.2) is 25.2 Å². The van der Waals surface area contributed by atoms with Crippen molar-refractivity contribution in [3.05, 3.63) is 29.8 Å². The second-order valence-electron chi connectivity index (χ2n) is 4.00. The van der Waals surface area contributed by atoms with Gasteiger partial charge in [0.2, 0.25) is 0 Å². The van der Waals surface area contributed by atoms with E-state index in [0.29, 0.717) is 5.69 Å². The number of hydrogen-bond acceptors (Lipinski definition) is 5. The van der Waals surface area contributed by atoms with Gasteiger partial charge in [0, 0.05) is 5.69 Å². The van der Waals surface area contributed by atoms with Crippen molar-refractivity contribution < 1.29 is 19.1 Å². The van der Waals surface area contributed by atoms with Gasteiger partial charge in [-0.1, -0.05) is 12.1 Å². The van der Waals surface area contributed by atoms with E-state index in [4.69, 9.17) is 15.2 Å². The SMILES string of the molecule is CCOC(=O)C(Cc1ccc(N)cc1)C(=O)OCC. The first-order valence-electron chi connectivity index (χ1n) is 6.26. The van der Waals surface area contributed by atoms with Crippen LogP contribution in [0.25, 0.3) is 0 Å². The van der Waals surface area contributed by atoms with E-state index in [-0.39, 0.29) is 19.6 Å². The number of rotatable bonds is 6. The Bertz CT molecular complexity index is 410. The van der Waals surface area contributed by atoms with Gasteiger partial charge in [-0.3, -0.25) is 9.59 Å². The van der Waals surface area contributed by atoms with Crippen LogP contribution in [0.15, 0.2) is 24.3 Å². The summed E-state index contributed by atoms with van der Waals surface area (Å²) in [6, 6.07) is 7.01. The second-order valence-corrected chi connectivity index (χ2v) is 4.00. The van der Waals surface area contributed by atoms with Crippen LogP contribution in [0, 0.1) is 5.92 Å². The number of ether oxygens (including phenoxy) is 2. The number of hydrogen-bond donors (Lipinski definition) is 1. The van der Waals surface area contributed by atoms with E-state index in [1.165, 1.54) is 0 Å². The smallest absolute Gasteiger partial charge is 0.320 e. The van der Waals surface area contributed by atoms with Gasteiger partial charge in [0.25, 0.3) is 0 Å². The predicted octanol–water partition coefficient (Wildman–Crippen LogP) is 1.55. The largest absolute Gasteiger partial charge is 0.465 e. The summed E-state index contributed by atoms with van der Waals surface area (Å²) in [6.45, 7) is 3.86. The first kappa shape index (κ1) is 15.0. The maximum Gasteiger partial charge on any atom is 0.320 e. The number of nitrogen functional groups attached to an aromatic ring is 1. The summed E-state index contributed by atoms with van der Waals surface area (Å²) in [6.07, 6.45) is 0.248. The van der Waals surface area contributed by atoms with Crippen LogP contribution in [0.3, 0.4) is 0 Å². The molecular formula is C14H19NO4. The van der Waals surface area contributed by atoms with Crippen molar-refractivity contribution in [2.75, 3.05) is 18.9 Å². The molecule has 0 radical (unpaired) electrons. The lowest BCUT2D eigenvalue weighted by atomic mass is 9.99. The summed E-state index contributed by atoms with van der Waals surface area (Å²) < 4.78 is 9.81. The molecular weight excluding hydrogens is 246 g/mol. The monoisotopic (exact) mass is 265 g/mol. The Morgan fingerprint density at radius 1 is 1.05 bits per heavy atom. The van der Waals surface area contributed by atoms with E-state index in [1.54, 1.807) is 38.1 Å². The van der Waals surface area contributed by atoms with Gasteiger partial charge in [-0.25, -0.2) is 0 Å². The summed E-state index contributed by atoms with van der Waals surface area (Å²) in [5, 5.41) is 0. The lowest BCUT2D eigenvalue weighted by molar-refractivity contribution is -0.161. The quantitative estimate of drug-likeness (QED) is 0.479. The Kier molecular flexibility index (Phi) is 5.85. The van der Waals surface area contributed by atoms with Gasteiger partial charge >= 0.3 is 11.9 Å². The molecule has 1 aromatic carbocycles. The molecule has 2 N–H and O–H groups in total. The molecule has 0 atom stereocenters. The molecule has 0 amide bonds. The van der Waals surface area contributed by atoms with Gasteiger partial charge in [0.05, 0.1) is 13.2 Å². The van der Waals surface area contributed by atoms with Crippen LogP contribution in [-0.2, 0) is 25.5 Å². The maximum atomic E-state index is 11.8. The molecule has 0 aliphatic rings. The second kappa shape index (κ2) is 7.41. The van der Waals surface area contributed by atoms with E-state index in [0.717, 1.165) is 5.56 Å². The van der Waals surface area contributed by atoms with E-state index in [9.17, 15) is 9.59 Å². The molecule has 104 valence electrons. The number of carbonyl (C=O) groups is 2. The molecule has 1 aromatic rings. The summed E-state index contributed by atoms with van der Waals surface area (Å²) in [7, 11) is 0. The van der Waals surface area contributed by atoms with Crippen LogP contribution in [0.1, 0.15) is 19.4 Å². The number of esters is 2. The Balaban J connectivity index is 2.81. The molecule has 0 unspecified atom stereocenters. The third kappa shape index (κ3) is 4.62. The van der Waals surface area contributed by atoms with Crippen molar-refractivity contribution in [2.24, 2.45) is 5.92 Å². The zero-order valence-corrected chi connectivity index (χ0v) is 11.2. The molecule has 0 heterocycles. The summed E-state index contributed by atoms with van der Waals surface area (Å²) in [5.74, 6) is -2.04. The van der Waals surface area contributed by atoms with Crippen LogP contribution in [0.2, 0.25) is 0 Å². The first-order valence-corrected chi connectivity index (χ1v) is 6.26. The third-order valence-corrected chi connectivity index (χ3v) is 2.56. The number of benzene rings is 1. The highest BCUT2D eigenvalue weighted by molar-refractivity contribution is 5.95. The first-order chi connectivity index (χ1) is 9.08. The molecule has 5 heteroatoms. The zero-order valence-electron chi connectivity index (χ0n) is 11.2. The average Bonchev–Trinajstić information content (AvgIpc) is 2.38. The lowest BCUT2D eigenvalue weighted by Crippen LogP contribution is -2.30. The maximum absolute atomic E-state index is 11.8. The van der Waals surface area contributed by atoms with E-state index < -0.39 is 17.9 Å². The number of nitrogens with two attached hydrogens (primary N) is 1. The fourth-order valence-corrected chi connectivity index (χ4v) is 1.64. The Labute approximate surface area is 112 Å². The molecule has 1 rings (SSSR count). The molecule has 0 aromatic heterocycles. The molecule has 5 nitrogen and oxygen atoms in total. The molecule has 0 fully saturated rings. The van der Waals surface area contributed by atoms with E-state index in [2.05, 4.69) is 0 Å². The average molecular weight is 265 g/mol. The van der Waals surface area contributed by atoms with Crippen molar-refractivity contribution >= 4 is 17.6 Å². The van der Waals surface area contributed by atoms with Crippen LogP contribution in [0.4, 0.5) is 5.69 Å².